The van der Waals surface area contributed by atoms with Crippen LogP contribution in [0, 0.1) is 5.92 Å². The Hall–Kier alpha value is -2.47. The minimum Gasteiger partial charge on any atom is -0.339 e. The summed E-state index contributed by atoms with van der Waals surface area (Å²) in [6.45, 7) is 0.889. The van der Waals surface area contributed by atoms with Crippen molar-refractivity contribution in [2.45, 2.75) is 17.7 Å². The van der Waals surface area contributed by atoms with Gasteiger partial charge in [0.25, 0.3) is 5.91 Å². The highest BCUT2D eigenvalue weighted by molar-refractivity contribution is 7.90. The van der Waals surface area contributed by atoms with E-state index >= 15 is 0 Å². The van der Waals surface area contributed by atoms with Crippen molar-refractivity contribution in [3.63, 3.8) is 0 Å². The minimum absolute atomic E-state index is 0.0486. The molecule has 1 fully saturated rings. The first-order valence-corrected chi connectivity index (χ1v) is 10.4. The summed E-state index contributed by atoms with van der Waals surface area (Å²) in [5, 5.41) is 0. The first-order chi connectivity index (χ1) is 12.4. The molecule has 6 heteroatoms. The number of nitrogens with zero attached hydrogens (tertiary/aromatic N) is 1. The molecule has 0 bridgehead atoms. The SMILES string of the molecule is CS(=O)(=O)c1ccccc1C(=O)N1CCC(C(=O)c2ccccc2)CC1. The Bertz CT molecular complexity index is 914. The average molecular weight is 371 g/mol. The number of carbonyl (C=O) groups excluding carboxylic acids is 2. The van der Waals surface area contributed by atoms with Crippen LogP contribution in [0.25, 0.3) is 0 Å². The maximum atomic E-state index is 12.8. The van der Waals surface area contributed by atoms with Crippen LogP contribution >= 0.6 is 0 Å². The van der Waals surface area contributed by atoms with Gasteiger partial charge in [-0.2, -0.15) is 0 Å². The maximum absolute atomic E-state index is 12.8. The number of carbonyl (C=O) groups is 2. The van der Waals surface area contributed by atoms with Crippen LogP contribution in [0.5, 0.6) is 0 Å². The van der Waals surface area contributed by atoms with E-state index in [0.717, 1.165) is 6.26 Å². The van der Waals surface area contributed by atoms with Gasteiger partial charge in [-0.05, 0) is 25.0 Å². The molecule has 1 aliphatic rings. The second kappa shape index (κ2) is 7.41. The van der Waals surface area contributed by atoms with Crippen LogP contribution in [0.4, 0.5) is 0 Å². The fraction of sp³-hybridized carbons (Fsp3) is 0.300. The Morgan fingerprint density at radius 2 is 1.50 bits per heavy atom. The van der Waals surface area contributed by atoms with Gasteiger partial charge in [0.15, 0.2) is 15.6 Å². The van der Waals surface area contributed by atoms with E-state index in [1.165, 1.54) is 6.07 Å². The summed E-state index contributed by atoms with van der Waals surface area (Å²) in [6.07, 6.45) is 2.27. The summed E-state index contributed by atoms with van der Waals surface area (Å²) >= 11 is 0. The van der Waals surface area contributed by atoms with E-state index in [1.807, 2.05) is 30.3 Å². The molecule has 26 heavy (non-hydrogen) atoms. The van der Waals surface area contributed by atoms with Gasteiger partial charge < -0.3 is 4.90 Å². The van der Waals surface area contributed by atoms with Gasteiger partial charge in [-0.1, -0.05) is 42.5 Å². The average Bonchev–Trinajstić information content (AvgIpc) is 2.67. The Morgan fingerprint density at radius 1 is 0.923 bits per heavy atom. The van der Waals surface area contributed by atoms with Crippen LogP contribution in [0.2, 0.25) is 0 Å². The monoisotopic (exact) mass is 371 g/mol. The van der Waals surface area contributed by atoms with Gasteiger partial charge in [0.2, 0.25) is 0 Å². The van der Waals surface area contributed by atoms with Crippen LogP contribution in [-0.4, -0.2) is 44.4 Å². The van der Waals surface area contributed by atoms with Crippen LogP contribution in [0.15, 0.2) is 59.5 Å². The number of sulfone groups is 1. The molecule has 0 aromatic heterocycles. The highest BCUT2D eigenvalue weighted by atomic mass is 32.2. The molecule has 0 unspecified atom stereocenters. The van der Waals surface area contributed by atoms with Crippen molar-refractivity contribution in [2.24, 2.45) is 5.92 Å². The molecule has 1 heterocycles. The first-order valence-electron chi connectivity index (χ1n) is 8.55. The highest BCUT2D eigenvalue weighted by Gasteiger charge is 2.30. The van der Waals surface area contributed by atoms with Crippen LogP contribution in [0.1, 0.15) is 33.6 Å². The second-order valence-electron chi connectivity index (χ2n) is 6.57. The second-order valence-corrected chi connectivity index (χ2v) is 8.55. The summed E-state index contributed by atoms with van der Waals surface area (Å²) in [5.41, 5.74) is 0.891. The van der Waals surface area contributed by atoms with Crippen molar-refractivity contribution >= 4 is 21.5 Å². The number of piperidine rings is 1. The van der Waals surface area contributed by atoms with Gasteiger partial charge >= 0.3 is 0 Å². The molecule has 136 valence electrons. The zero-order valence-corrected chi connectivity index (χ0v) is 15.4. The van der Waals surface area contributed by atoms with E-state index in [9.17, 15) is 18.0 Å². The molecular formula is C20H21NO4S. The topological polar surface area (TPSA) is 71.5 Å². The van der Waals surface area contributed by atoms with Crippen molar-refractivity contribution in [2.75, 3.05) is 19.3 Å². The van der Waals surface area contributed by atoms with Crippen LogP contribution in [0.3, 0.4) is 0 Å². The molecule has 2 aromatic carbocycles. The smallest absolute Gasteiger partial charge is 0.255 e. The number of benzene rings is 2. The predicted octanol–water partition coefficient (Wildman–Crippen LogP) is 2.83. The Labute approximate surface area is 153 Å². The molecule has 0 atom stereocenters. The normalized spacial score (nSPS) is 15.7. The lowest BCUT2D eigenvalue weighted by molar-refractivity contribution is 0.0647. The third-order valence-corrected chi connectivity index (χ3v) is 5.88. The fourth-order valence-corrected chi connectivity index (χ4v) is 4.20. The molecule has 1 saturated heterocycles. The number of hydrogen-bond acceptors (Lipinski definition) is 4. The van der Waals surface area contributed by atoms with E-state index in [4.69, 9.17) is 0 Å². The fourth-order valence-electron chi connectivity index (χ4n) is 3.32. The van der Waals surface area contributed by atoms with Gasteiger partial charge in [-0.15, -0.1) is 0 Å². The van der Waals surface area contributed by atoms with Gasteiger partial charge in [-0.3, -0.25) is 9.59 Å². The molecular weight excluding hydrogens is 350 g/mol. The minimum atomic E-state index is -3.48. The highest BCUT2D eigenvalue weighted by Crippen LogP contribution is 2.24. The van der Waals surface area contributed by atoms with E-state index in [-0.39, 0.29) is 28.1 Å². The number of Topliss-reactive ketones (excluding diaryl/α,β-unsaturated/α-hetero) is 1. The molecule has 0 aliphatic carbocycles. The standard InChI is InChI=1S/C20H21NO4S/c1-26(24,25)18-10-6-5-9-17(18)20(23)21-13-11-16(12-14-21)19(22)15-7-3-2-4-8-15/h2-10,16H,11-14H2,1H3. The molecule has 1 aliphatic heterocycles. The molecule has 0 saturated carbocycles. The molecule has 3 rings (SSSR count). The first kappa shape index (κ1) is 18.3. The maximum Gasteiger partial charge on any atom is 0.255 e. The Kier molecular flexibility index (Phi) is 5.23. The van der Waals surface area contributed by atoms with Gasteiger partial charge in [-0.25, -0.2) is 8.42 Å². The molecule has 2 aromatic rings. The van der Waals surface area contributed by atoms with Crippen molar-refractivity contribution in [1.29, 1.82) is 0 Å². The summed E-state index contributed by atoms with van der Waals surface area (Å²) in [6, 6.07) is 15.4. The van der Waals surface area contributed by atoms with Crippen molar-refractivity contribution in [3.8, 4) is 0 Å². The van der Waals surface area contributed by atoms with Crippen molar-refractivity contribution in [1.82, 2.24) is 4.90 Å². The van der Waals surface area contributed by atoms with Gasteiger partial charge in [0, 0.05) is 30.8 Å². The molecule has 5 nitrogen and oxygen atoms in total. The Morgan fingerprint density at radius 3 is 2.12 bits per heavy atom. The Balaban J connectivity index is 1.71. The van der Waals surface area contributed by atoms with E-state index < -0.39 is 9.84 Å². The quantitative estimate of drug-likeness (QED) is 0.775. The summed E-state index contributed by atoms with van der Waals surface area (Å²) in [5.74, 6) is -0.294. The van der Waals surface area contributed by atoms with E-state index in [1.54, 1.807) is 23.1 Å². The van der Waals surface area contributed by atoms with Crippen molar-refractivity contribution < 1.29 is 18.0 Å². The van der Waals surface area contributed by atoms with Crippen LogP contribution < -0.4 is 0 Å². The number of likely N-dealkylation sites (tertiary alicyclic amines) is 1. The number of ketones is 1. The predicted molar refractivity (Wildman–Crippen MR) is 99.0 cm³/mol. The zero-order valence-electron chi connectivity index (χ0n) is 14.6. The van der Waals surface area contributed by atoms with E-state index in [0.29, 0.717) is 31.5 Å². The largest absolute Gasteiger partial charge is 0.339 e. The summed E-state index contributed by atoms with van der Waals surface area (Å²) in [7, 11) is -3.48. The molecule has 0 spiro atoms. The number of rotatable bonds is 4. The summed E-state index contributed by atoms with van der Waals surface area (Å²) in [4.78, 5) is 27.0. The lowest BCUT2D eigenvalue weighted by Crippen LogP contribution is -2.40. The summed E-state index contributed by atoms with van der Waals surface area (Å²) < 4.78 is 23.8. The van der Waals surface area contributed by atoms with Gasteiger partial charge in [0.05, 0.1) is 10.5 Å². The lowest BCUT2D eigenvalue weighted by atomic mass is 9.88. The van der Waals surface area contributed by atoms with E-state index in [2.05, 4.69) is 0 Å². The molecule has 1 amide bonds. The van der Waals surface area contributed by atoms with Crippen molar-refractivity contribution in [3.05, 3.63) is 65.7 Å². The van der Waals surface area contributed by atoms with Crippen LogP contribution in [-0.2, 0) is 9.84 Å². The third-order valence-electron chi connectivity index (χ3n) is 4.73. The lowest BCUT2D eigenvalue weighted by Gasteiger charge is -2.31. The molecule has 0 radical (unpaired) electrons. The van der Waals surface area contributed by atoms with Gasteiger partial charge in [0.1, 0.15) is 0 Å². The number of hydrogen-bond donors (Lipinski definition) is 0. The third kappa shape index (κ3) is 3.85. The zero-order chi connectivity index (χ0) is 18.7. The number of amides is 1. The molecule has 0 N–H and O–H groups in total.